The van der Waals surface area contributed by atoms with Crippen molar-refractivity contribution in [3.63, 3.8) is 0 Å². The molecule has 6 nitrogen and oxygen atoms in total. The van der Waals surface area contributed by atoms with Crippen molar-refractivity contribution < 1.29 is 9.21 Å². The van der Waals surface area contributed by atoms with Crippen LogP contribution in [0.25, 0.3) is 0 Å². The zero-order chi connectivity index (χ0) is 11.6. The van der Waals surface area contributed by atoms with Gasteiger partial charge in [-0.2, -0.15) is 0 Å². The Bertz CT molecular complexity index is 382. The van der Waals surface area contributed by atoms with Crippen LogP contribution in [0.5, 0.6) is 0 Å². The molecule has 0 radical (unpaired) electrons. The Morgan fingerprint density at radius 1 is 1.50 bits per heavy atom. The minimum absolute atomic E-state index is 0.101. The number of anilines is 1. The maximum absolute atomic E-state index is 12.1. The van der Waals surface area contributed by atoms with E-state index in [1.807, 2.05) is 0 Å². The number of nitrogens with zero attached hydrogens (tertiary/aromatic N) is 2. The highest BCUT2D eigenvalue weighted by atomic mass is 16.4. The zero-order valence-electron chi connectivity index (χ0n) is 9.32. The first-order chi connectivity index (χ1) is 7.66. The summed E-state index contributed by atoms with van der Waals surface area (Å²) < 4.78 is 5.11. The molecule has 0 atom stereocenters. The number of amides is 1. The Hall–Kier alpha value is -1.43. The molecule has 2 rings (SSSR count). The number of aromatic nitrogens is 2. The molecule has 16 heavy (non-hydrogen) atoms. The van der Waals surface area contributed by atoms with Crippen LogP contribution in [0.3, 0.4) is 0 Å². The molecule has 1 fully saturated rings. The molecule has 0 aromatic carbocycles. The average Bonchev–Trinajstić information content (AvgIpc) is 2.88. The highest BCUT2D eigenvalue weighted by molar-refractivity contribution is 5.94. The zero-order valence-corrected chi connectivity index (χ0v) is 9.32. The molecular weight excluding hydrogens is 208 g/mol. The van der Waals surface area contributed by atoms with E-state index in [2.05, 4.69) is 15.5 Å². The summed E-state index contributed by atoms with van der Waals surface area (Å²) in [5, 5.41) is 10.0. The van der Waals surface area contributed by atoms with Gasteiger partial charge in [0.1, 0.15) is 0 Å². The van der Waals surface area contributed by atoms with Crippen LogP contribution in [0.2, 0.25) is 0 Å². The van der Waals surface area contributed by atoms with Crippen LogP contribution in [0, 0.1) is 12.3 Å². The number of nitrogens with two attached hydrogens (primary N) is 1. The summed E-state index contributed by atoms with van der Waals surface area (Å²) in [6.45, 7) is 2.04. The van der Waals surface area contributed by atoms with E-state index in [1.165, 1.54) is 0 Å². The van der Waals surface area contributed by atoms with Gasteiger partial charge in [0.15, 0.2) is 0 Å². The molecule has 1 aliphatic carbocycles. The first kappa shape index (κ1) is 11.1. The highest BCUT2D eigenvalue weighted by Gasteiger charge is 2.40. The average molecular weight is 224 g/mol. The number of hydrogen-bond acceptors (Lipinski definition) is 5. The van der Waals surface area contributed by atoms with Crippen LogP contribution in [0.4, 0.5) is 6.01 Å². The lowest BCUT2D eigenvalue weighted by molar-refractivity contribution is -0.125. The molecule has 1 aliphatic rings. The van der Waals surface area contributed by atoms with Crippen LogP contribution < -0.4 is 11.1 Å². The van der Waals surface area contributed by atoms with Gasteiger partial charge in [-0.3, -0.25) is 10.1 Å². The molecule has 1 aromatic rings. The molecule has 0 unspecified atom stereocenters. The summed E-state index contributed by atoms with van der Waals surface area (Å²) in [7, 11) is 0. The van der Waals surface area contributed by atoms with Crippen molar-refractivity contribution in [2.75, 3.05) is 11.9 Å². The minimum Gasteiger partial charge on any atom is -0.408 e. The van der Waals surface area contributed by atoms with E-state index in [0.717, 1.165) is 25.7 Å². The third-order valence-corrected chi connectivity index (χ3v) is 3.18. The van der Waals surface area contributed by atoms with Gasteiger partial charge in [-0.15, -0.1) is 5.10 Å². The van der Waals surface area contributed by atoms with Crippen LogP contribution in [0.1, 0.15) is 31.6 Å². The number of hydrogen-bond donors (Lipinski definition) is 2. The second kappa shape index (κ2) is 4.21. The van der Waals surface area contributed by atoms with Gasteiger partial charge in [0.05, 0.1) is 5.41 Å². The van der Waals surface area contributed by atoms with E-state index in [0.29, 0.717) is 12.4 Å². The lowest BCUT2D eigenvalue weighted by atomic mass is 9.85. The molecule has 0 saturated heterocycles. The van der Waals surface area contributed by atoms with E-state index in [1.54, 1.807) is 6.92 Å². The van der Waals surface area contributed by atoms with Crippen molar-refractivity contribution in [1.82, 2.24) is 10.2 Å². The van der Waals surface area contributed by atoms with Gasteiger partial charge in [-0.05, 0) is 12.8 Å². The van der Waals surface area contributed by atoms with Gasteiger partial charge in [0, 0.05) is 13.5 Å². The Labute approximate surface area is 93.6 Å². The Morgan fingerprint density at radius 3 is 2.69 bits per heavy atom. The third-order valence-electron chi connectivity index (χ3n) is 3.18. The lowest BCUT2D eigenvalue weighted by Gasteiger charge is -2.24. The molecular formula is C10H16N4O2. The third kappa shape index (κ3) is 1.92. The summed E-state index contributed by atoms with van der Waals surface area (Å²) in [5.41, 5.74) is 5.26. The van der Waals surface area contributed by atoms with E-state index in [4.69, 9.17) is 10.2 Å². The van der Waals surface area contributed by atoms with E-state index >= 15 is 0 Å². The molecule has 1 amide bonds. The summed E-state index contributed by atoms with van der Waals surface area (Å²) in [4.78, 5) is 12.1. The molecule has 3 N–H and O–H groups in total. The van der Waals surface area contributed by atoms with Crippen LogP contribution in [-0.2, 0) is 4.79 Å². The van der Waals surface area contributed by atoms with Crippen molar-refractivity contribution in [2.45, 2.75) is 32.6 Å². The first-order valence-corrected chi connectivity index (χ1v) is 5.48. The number of rotatable bonds is 3. The van der Waals surface area contributed by atoms with Crippen molar-refractivity contribution >= 4 is 11.9 Å². The molecule has 88 valence electrons. The van der Waals surface area contributed by atoms with Crippen molar-refractivity contribution in [2.24, 2.45) is 11.1 Å². The van der Waals surface area contributed by atoms with Crippen molar-refractivity contribution in [3.8, 4) is 0 Å². The molecule has 0 spiro atoms. The molecule has 1 aromatic heterocycles. The van der Waals surface area contributed by atoms with E-state index < -0.39 is 5.41 Å². The quantitative estimate of drug-likeness (QED) is 0.793. The topological polar surface area (TPSA) is 94.0 Å². The largest absolute Gasteiger partial charge is 0.408 e. The SMILES string of the molecule is Cc1nnc(NC(=O)C2(CN)CCCC2)o1. The lowest BCUT2D eigenvalue weighted by Crippen LogP contribution is -2.40. The number of carbonyl (C=O) groups excluding carboxylic acids is 1. The normalized spacial score (nSPS) is 18.6. The Morgan fingerprint density at radius 2 is 2.19 bits per heavy atom. The van der Waals surface area contributed by atoms with E-state index in [-0.39, 0.29) is 11.9 Å². The molecule has 0 aliphatic heterocycles. The van der Waals surface area contributed by atoms with Gasteiger partial charge < -0.3 is 10.2 Å². The molecule has 0 bridgehead atoms. The fourth-order valence-corrected chi connectivity index (χ4v) is 2.15. The summed E-state index contributed by atoms with van der Waals surface area (Å²) in [6.07, 6.45) is 3.77. The molecule has 1 saturated carbocycles. The van der Waals surface area contributed by atoms with Gasteiger partial charge in [-0.1, -0.05) is 17.9 Å². The fraction of sp³-hybridized carbons (Fsp3) is 0.700. The van der Waals surface area contributed by atoms with Crippen molar-refractivity contribution in [1.29, 1.82) is 0 Å². The first-order valence-electron chi connectivity index (χ1n) is 5.48. The summed E-state index contributed by atoms with van der Waals surface area (Å²) in [6, 6.07) is 0.155. The number of nitrogens with one attached hydrogen (secondary N) is 1. The maximum atomic E-state index is 12.1. The van der Waals surface area contributed by atoms with Gasteiger partial charge >= 0.3 is 6.01 Å². The second-order valence-corrected chi connectivity index (χ2v) is 4.27. The smallest absolute Gasteiger partial charge is 0.322 e. The standard InChI is InChI=1S/C10H16N4O2/c1-7-13-14-9(16-7)12-8(15)10(6-11)4-2-3-5-10/h2-6,11H2,1H3,(H,12,14,15). The van der Waals surface area contributed by atoms with Crippen LogP contribution >= 0.6 is 0 Å². The summed E-state index contributed by atoms with van der Waals surface area (Å²) in [5.74, 6) is 0.333. The van der Waals surface area contributed by atoms with E-state index in [9.17, 15) is 4.79 Å². The van der Waals surface area contributed by atoms with Crippen LogP contribution in [0.15, 0.2) is 4.42 Å². The van der Waals surface area contributed by atoms with Gasteiger partial charge in [0.25, 0.3) is 0 Å². The number of carbonyl (C=O) groups is 1. The van der Waals surface area contributed by atoms with Crippen LogP contribution in [-0.4, -0.2) is 22.6 Å². The Kier molecular flexibility index (Phi) is 2.91. The summed E-state index contributed by atoms with van der Waals surface area (Å²) >= 11 is 0. The second-order valence-electron chi connectivity index (χ2n) is 4.27. The Balaban J connectivity index is 2.07. The van der Waals surface area contributed by atoms with Crippen molar-refractivity contribution in [3.05, 3.63) is 5.89 Å². The fourth-order valence-electron chi connectivity index (χ4n) is 2.15. The molecule has 1 heterocycles. The number of aryl methyl sites for hydroxylation is 1. The predicted octanol–water partition coefficient (Wildman–Crippen LogP) is 0.836. The maximum Gasteiger partial charge on any atom is 0.322 e. The monoisotopic (exact) mass is 224 g/mol. The highest BCUT2D eigenvalue weighted by Crippen LogP contribution is 2.37. The molecule has 6 heteroatoms. The predicted molar refractivity (Wildman–Crippen MR) is 57.6 cm³/mol. The van der Waals surface area contributed by atoms with Gasteiger partial charge in [-0.25, -0.2) is 0 Å². The van der Waals surface area contributed by atoms with Gasteiger partial charge in [0.2, 0.25) is 11.8 Å². The minimum atomic E-state index is -0.442.